The minimum Gasteiger partial charge on any atom is -0.495 e. The van der Waals surface area contributed by atoms with Crippen LogP contribution in [0.1, 0.15) is 20.8 Å². The number of nitrogens with one attached hydrogen (secondary N) is 1. The first-order valence-electron chi connectivity index (χ1n) is 8.31. The minimum atomic E-state index is -3.80. The van der Waals surface area contributed by atoms with Gasteiger partial charge in [0, 0.05) is 16.7 Å². The van der Waals surface area contributed by atoms with Gasteiger partial charge in [-0.15, -0.1) is 10.2 Å². The fraction of sp³-hybridized carbons (Fsp3) is 0.263. The first kappa shape index (κ1) is 19.1. The van der Waals surface area contributed by atoms with Gasteiger partial charge in [0.2, 0.25) is 21.8 Å². The third kappa shape index (κ3) is 4.35. The monoisotopic (exact) mass is 387 g/mol. The predicted molar refractivity (Wildman–Crippen MR) is 102 cm³/mol. The van der Waals surface area contributed by atoms with E-state index in [4.69, 9.17) is 9.15 Å². The van der Waals surface area contributed by atoms with Crippen molar-refractivity contribution in [2.45, 2.75) is 31.2 Å². The molecule has 0 saturated heterocycles. The van der Waals surface area contributed by atoms with E-state index in [2.05, 4.69) is 14.9 Å². The van der Waals surface area contributed by atoms with E-state index < -0.39 is 15.6 Å². The SMILES string of the molecule is COc1ccc(-c2nnc(-c3ccccc3)o2)cc1S(=O)(=O)NC(C)(C)C. The Balaban J connectivity index is 2.03. The lowest BCUT2D eigenvalue weighted by Crippen LogP contribution is -2.40. The van der Waals surface area contributed by atoms with Crippen molar-refractivity contribution in [1.82, 2.24) is 14.9 Å². The maximum absolute atomic E-state index is 12.8. The molecule has 8 heteroatoms. The first-order valence-corrected chi connectivity index (χ1v) is 9.79. The van der Waals surface area contributed by atoms with E-state index >= 15 is 0 Å². The summed E-state index contributed by atoms with van der Waals surface area (Å²) in [7, 11) is -2.38. The molecule has 0 bridgehead atoms. The number of benzene rings is 2. The molecule has 0 aliphatic heterocycles. The molecule has 1 aromatic heterocycles. The van der Waals surface area contributed by atoms with Crippen molar-refractivity contribution in [2.75, 3.05) is 7.11 Å². The number of methoxy groups -OCH3 is 1. The Hall–Kier alpha value is -2.71. The van der Waals surface area contributed by atoms with E-state index in [9.17, 15) is 8.42 Å². The van der Waals surface area contributed by atoms with Crippen LogP contribution in [0.5, 0.6) is 5.75 Å². The zero-order chi connectivity index (χ0) is 19.7. The molecule has 0 saturated carbocycles. The van der Waals surface area contributed by atoms with Gasteiger partial charge in [-0.1, -0.05) is 18.2 Å². The minimum absolute atomic E-state index is 0.0110. The van der Waals surface area contributed by atoms with Crippen LogP contribution in [0.3, 0.4) is 0 Å². The van der Waals surface area contributed by atoms with E-state index in [0.29, 0.717) is 11.5 Å². The summed E-state index contributed by atoms with van der Waals surface area (Å²) < 4.78 is 39.1. The third-order valence-electron chi connectivity index (χ3n) is 3.59. The first-order chi connectivity index (χ1) is 12.7. The summed E-state index contributed by atoms with van der Waals surface area (Å²) in [5.41, 5.74) is 0.636. The molecule has 0 aliphatic carbocycles. The average molecular weight is 387 g/mol. The molecule has 7 nitrogen and oxygen atoms in total. The van der Waals surface area contributed by atoms with Crippen molar-refractivity contribution in [2.24, 2.45) is 0 Å². The van der Waals surface area contributed by atoms with Crippen LogP contribution in [0.25, 0.3) is 22.9 Å². The lowest BCUT2D eigenvalue weighted by molar-refractivity contribution is 0.401. The third-order valence-corrected chi connectivity index (χ3v) is 5.37. The molecule has 0 spiro atoms. The van der Waals surface area contributed by atoms with Gasteiger partial charge in [0.15, 0.2) is 0 Å². The summed E-state index contributed by atoms with van der Waals surface area (Å²) in [6.45, 7) is 5.31. The van der Waals surface area contributed by atoms with Crippen LogP contribution >= 0.6 is 0 Å². The normalized spacial score (nSPS) is 12.1. The molecule has 0 unspecified atom stereocenters. The van der Waals surface area contributed by atoms with Crippen molar-refractivity contribution in [1.29, 1.82) is 0 Å². The Morgan fingerprint density at radius 1 is 0.963 bits per heavy atom. The van der Waals surface area contributed by atoms with Gasteiger partial charge in [-0.25, -0.2) is 13.1 Å². The highest BCUT2D eigenvalue weighted by Crippen LogP contribution is 2.31. The Bertz CT molecular complexity index is 1040. The van der Waals surface area contributed by atoms with Crippen LogP contribution in [0.4, 0.5) is 0 Å². The van der Waals surface area contributed by atoms with E-state index in [1.807, 2.05) is 30.3 Å². The second-order valence-corrected chi connectivity index (χ2v) is 8.65. The number of hydrogen-bond acceptors (Lipinski definition) is 6. The lowest BCUT2D eigenvalue weighted by Gasteiger charge is -2.21. The fourth-order valence-electron chi connectivity index (χ4n) is 2.52. The fourth-order valence-corrected chi connectivity index (χ4v) is 4.13. The lowest BCUT2D eigenvalue weighted by atomic mass is 10.1. The quantitative estimate of drug-likeness (QED) is 0.720. The van der Waals surface area contributed by atoms with Crippen LogP contribution in [0, 0.1) is 0 Å². The molecule has 3 rings (SSSR count). The topological polar surface area (TPSA) is 94.3 Å². The molecule has 3 aromatic rings. The second kappa shape index (κ2) is 7.13. The van der Waals surface area contributed by atoms with E-state index in [-0.39, 0.29) is 16.5 Å². The maximum Gasteiger partial charge on any atom is 0.248 e. The Morgan fingerprint density at radius 2 is 1.59 bits per heavy atom. The Morgan fingerprint density at radius 3 is 2.19 bits per heavy atom. The Labute approximate surface area is 158 Å². The zero-order valence-corrected chi connectivity index (χ0v) is 16.4. The molecular weight excluding hydrogens is 366 g/mol. The van der Waals surface area contributed by atoms with Crippen molar-refractivity contribution in [3.05, 3.63) is 48.5 Å². The molecule has 142 valence electrons. The summed E-state index contributed by atoms with van der Waals surface area (Å²) in [6, 6.07) is 14.1. The van der Waals surface area contributed by atoms with E-state index in [1.54, 1.807) is 32.9 Å². The van der Waals surface area contributed by atoms with Gasteiger partial charge < -0.3 is 9.15 Å². The van der Waals surface area contributed by atoms with Crippen molar-refractivity contribution < 1.29 is 17.6 Å². The van der Waals surface area contributed by atoms with Crippen LogP contribution < -0.4 is 9.46 Å². The molecule has 1 heterocycles. The van der Waals surface area contributed by atoms with Crippen molar-refractivity contribution >= 4 is 10.0 Å². The summed E-state index contributed by atoms with van der Waals surface area (Å²) >= 11 is 0. The number of rotatable bonds is 5. The molecular formula is C19H21N3O4S. The van der Waals surface area contributed by atoms with Crippen molar-refractivity contribution in [3.8, 4) is 28.7 Å². The molecule has 2 aromatic carbocycles. The summed E-state index contributed by atoms with van der Waals surface area (Å²) in [5, 5.41) is 8.09. The van der Waals surface area contributed by atoms with Gasteiger partial charge >= 0.3 is 0 Å². The highest BCUT2D eigenvalue weighted by atomic mass is 32.2. The van der Waals surface area contributed by atoms with E-state index in [0.717, 1.165) is 5.56 Å². The van der Waals surface area contributed by atoms with Gasteiger partial charge in [-0.05, 0) is 51.1 Å². The van der Waals surface area contributed by atoms with Gasteiger partial charge in [0.1, 0.15) is 10.6 Å². The Kier molecular flexibility index (Phi) is 5.03. The van der Waals surface area contributed by atoms with Crippen LogP contribution in [-0.4, -0.2) is 31.3 Å². The maximum atomic E-state index is 12.8. The van der Waals surface area contributed by atoms with Gasteiger partial charge in [-0.3, -0.25) is 0 Å². The molecule has 0 radical (unpaired) electrons. The molecule has 0 amide bonds. The number of aromatic nitrogens is 2. The van der Waals surface area contributed by atoms with Crippen LogP contribution in [0.15, 0.2) is 57.8 Å². The smallest absolute Gasteiger partial charge is 0.248 e. The number of ether oxygens (including phenoxy) is 1. The number of hydrogen-bond donors (Lipinski definition) is 1. The number of sulfonamides is 1. The highest BCUT2D eigenvalue weighted by Gasteiger charge is 2.26. The van der Waals surface area contributed by atoms with Gasteiger partial charge in [-0.2, -0.15) is 0 Å². The average Bonchev–Trinajstić information content (AvgIpc) is 3.10. The van der Waals surface area contributed by atoms with Crippen LogP contribution in [-0.2, 0) is 10.0 Å². The van der Waals surface area contributed by atoms with Crippen molar-refractivity contribution in [3.63, 3.8) is 0 Å². The zero-order valence-electron chi connectivity index (χ0n) is 15.6. The molecule has 0 fully saturated rings. The van der Waals surface area contributed by atoms with Gasteiger partial charge in [0.25, 0.3) is 0 Å². The largest absolute Gasteiger partial charge is 0.495 e. The summed E-state index contributed by atoms with van der Waals surface area (Å²) in [5.74, 6) is 0.820. The van der Waals surface area contributed by atoms with Crippen LogP contribution in [0.2, 0.25) is 0 Å². The standard InChI is InChI=1S/C19H21N3O4S/c1-19(2,3)22-27(23,24)16-12-14(10-11-15(16)25-4)18-21-20-17(26-18)13-8-6-5-7-9-13/h5-12,22H,1-4H3. The molecule has 1 N–H and O–H groups in total. The predicted octanol–water partition coefficient (Wildman–Crippen LogP) is 3.49. The molecule has 27 heavy (non-hydrogen) atoms. The van der Waals surface area contributed by atoms with Gasteiger partial charge in [0.05, 0.1) is 7.11 Å². The molecule has 0 atom stereocenters. The highest BCUT2D eigenvalue weighted by molar-refractivity contribution is 7.89. The summed E-state index contributed by atoms with van der Waals surface area (Å²) in [4.78, 5) is 0.0110. The second-order valence-electron chi connectivity index (χ2n) is 7.00. The van der Waals surface area contributed by atoms with E-state index in [1.165, 1.54) is 13.2 Å². The summed E-state index contributed by atoms with van der Waals surface area (Å²) in [6.07, 6.45) is 0. The number of nitrogens with zero attached hydrogens (tertiary/aromatic N) is 2. The molecule has 0 aliphatic rings.